The normalized spacial score (nSPS) is 14.8. The summed E-state index contributed by atoms with van der Waals surface area (Å²) in [5, 5.41) is 29.2. The molecule has 1 aliphatic heterocycles. The number of nitrogens with one attached hydrogen (secondary N) is 3. The molecule has 0 bridgehead atoms. The smallest absolute Gasteiger partial charge is 0.247 e. The van der Waals surface area contributed by atoms with E-state index in [0.29, 0.717) is 23.2 Å². The number of halogens is 2. The minimum atomic E-state index is -1.43. The maximum Gasteiger partial charge on any atom is 0.247 e. The third-order valence-corrected chi connectivity index (χ3v) is 7.41. The van der Waals surface area contributed by atoms with Crippen LogP contribution in [0.5, 0.6) is 5.75 Å². The summed E-state index contributed by atoms with van der Waals surface area (Å²) in [6, 6.07) is 8.38. The van der Waals surface area contributed by atoms with Crippen LogP contribution in [0.1, 0.15) is 31.4 Å². The predicted molar refractivity (Wildman–Crippen MR) is 166 cm³/mol. The molecule has 1 saturated heterocycles. The zero-order valence-corrected chi connectivity index (χ0v) is 25.4. The first kappa shape index (κ1) is 31.5. The summed E-state index contributed by atoms with van der Waals surface area (Å²) in [5.74, 6) is -0.411. The highest BCUT2D eigenvalue weighted by Gasteiger charge is 2.28. The number of likely N-dealkylation sites (N-methyl/N-ethyl adjacent to an activating group) is 1. The minimum absolute atomic E-state index is 0.0933. The molecule has 0 saturated carbocycles. The Hall–Kier alpha value is -4.44. The van der Waals surface area contributed by atoms with Crippen molar-refractivity contribution in [3.05, 3.63) is 65.1 Å². The lowest BCUT2D eigenvalue weighted by molar-refractivity contribution is -0.111. The maximum atomic E-state index is 14.3. The first-order valence-corrected chi connectivity index (χ1v) is 13.8. The largest absolute Gasteiger partial charge is 0.494 e. The second kappa shape index (κ2) is 12.8. The number of nitrogens with zero attached hydrogens (tertiary/aromatic N) is 5. The van der Waals surface area contributed by atoms with Crippen molar-refractivity contribution in [1.29, 1.82) is 5.26 Å². The molecule has 3 aromatic rings. The van der Waals surface area contributed by atoms with Gasteiger partial charge in [0.2, 0.25) is 11.9 Å². The summed E-state index contributed by atoms with van der Waals surface area (Å²) in [6.45, 7) is 8.13. The molecule has 0 aliphatic carbocycles. The molecule has 43 heavy (non-hydrogen) atoms. The van der Waals surface area contributed by atoms with E-state index in [0.717, 1.165) is 31.3 Å². The SMILES string of the molecule is C=CC(=O)Nc1cc(Nc2ncc(C#N)c(Nc3cc(Cl)c(F)cc3C(C)(C)O)n2)c(OC)cc1N1CC[C@@H](N(C)C)C1. The average molecular weight is 609 g/mol. The highest BCUT2D eigenvalue weighted by Crippen LogP contribution is 2.40. The van der Waals surface area contributed by atoms with Gasteiger partial charge in [-0.05, 0) is 58.6 Å². The lowest BCUT2D eigenvalue weighted by Crippen LogP contribution is -2.31. The molecule has 1 atom stereocenters. The van der Waals surface area contributed by atoms with Crippen molar-refractivity contribution in [3.8, 4) is 11.8 Å². The summed E-state index contributed by atoms with van der Waals surface area (Å²) in [4.78, 5) is 25.5. The molecule has 2 aromatic carbocycles. The van der Waals surface area contributed by atoms with E-state index >= 15 is 0 Å². The van der Waals surface area contributed by atoms with Gasteiger partial charge >= 0.3 is 0 Å². The Kier molecular flexibility index (Phi) is 9.40. The highest BCUT2D eigenvalue weighted by atomic mass is 35.5. The van der Waals surface area contributed by atoms with Crippen LogP contribution in [-0.4, -0.2) is 66.2 Å². The van der Waals surface area contributed by atoms with Crippen molar-refractivity contribution in [3.63, 3.8) is 0 Å². The molecule has 4 N–H and O–H groups in total. The molecule has 1 aliphatic rings. The molecule has 4 rings (SSSR count). The number of methoxy groups -OCH3 is 1. The van der Waals surface area contributed by atoms with Gasteiger partial charge in [-0.15, -0.1) is 0 Å². The van der Waals surface area contributed by atoms with Crippen LogP contribution in [0.3, 0.4) is 0 Å². The van der Waals surface area contributed by atoms with Crippen LogP contribution in [0.15, 0.2) is 43.1 Å². The van der Waals surface area contributed by atoms with Gasteiger partial charge in [0.1, 0.15) is 23.2 Å². The van der Waals surface area contributed by atoms with Crippen molar-refractivity contribution >= 4 is 52.0 Å². The van der Waals surface area contributed by atoms with Gasteiger partial charge in [0.15, 0.2) is 5.82 Å². The Morgan fingerprint density at radius 3 is 2.63 bits per heavy atom. The summed E-state index contributed by atoms with van der Waals surface area (Å²) in [5.41, 5.74) is 0.915. The monoisotopic (exact) mass is 608 g/mol. The van der Waals surface area contributed by atoms with E-state index < -0.39 is 11.4 Å². The fourth-order valence-electron chi connectivity index (χ4n) is 4.79. The van der Waals surface area contributed by atoms with E-state index in [1.807, 2.05) is 26.2 Å². The summed E-state index contributed by atoms with van der Waals surface area (Å²) < 4.78 is 20.0. The number of ether oxygens (including phenoxy) is 1. The Balaban J connectivity index is 1.73. The fourth-order valence-corrected chi connectivity index (χ4v) is 4.95. The number of amides is 1. The number of aliphatic hydroxyl groups is 1. The highest BCUT2D eigenvalue weighted by molar-refractivity contribution is 6.31. The Labute approximate surface area is 254 Å². The molecule has 0 unspecified atom stereocenters. The Morgan fingerprint density at radius 2 is 2.02 bits per heavy atom. The standard InChI is InChI=1S/C30H34ClFN8O3/c1-7-27(41)35-23-12-24(26(43-6)13-25(23)40-9-8-18(16-40)39(4)5)37-29-34-15-17(14-33)28(38-29)36-22-11-20(31)21(32)10-19(22)30(2,3)42/h7,10-13,15,18,42H,1,8-9,16H2,2-6H3,(H,35,41)(H2,34,36,37,38)/t18-/m1/s1. The third-order valence-electron chi connectivity index (χ3n) is 7.12. The molecular formula is C30H34ClFN8O3. The van der Waals surface area contributed by atoms with Gasteiger partial charge in [-0.3, -0.25) is 4.79 Å². The number of benzene rings is 2. The fraction of sp³-hybridized carbons (Fsp3) is 0.333. The van der Waals surface area contributed by atoms with E-state index in [9.17, 15) is 19.6 Å². The van der Waals surface area contributed by atoms with Gasteiger partial charge < -0.3 is 35.6 Å². The van der Waals surface area contributed by atoms with Gasteiger partial charge in [-0.1, -0.05) is 18.2 Å². The summed E-state index contributed by atoms with van der Waals surface area (Å²) in [7, 11) is 5.61. The van der Waals surface area contributed by atoms with Gasteiger partial charge in [-0.2, -0.15) is 10.2 Å². The van der Waals surface area contributed by atoms with Crippen molar-refractivity contribution in [2.24, 2.45) is 0 Å². The second-order valence-corrected chi connectivity index (χ2v) is 11.2. The molecule has 13 heteroatoms. The number of carbonyl (C=O) groups is 1. The van der Waals surface area contributed by atoms with E-state index in [1.54, 1.807) is 6.07 Å². The van der Waals surface area contributed by atoms with E-state index in [2.05, 4.69) is 42.3 Å². The number of carbonyl (C=O) groups excluding carboxylic acids is 1. The van der Waals surface area contributed by atoms with Crippen molar-refractivity contribution < 1.29 is 19.0 Å². The summed E-state index contributed by atoms with van der Waals surface area (Å²) in [6.07, 6.45) is 3.48. The van der Waals surface area contributed by atoms with Crippen LogP contribution in [0.25, 0.3) is 0 Å². The van der Waals surface area contributed by atoms with E-state index in [1.165, 1.54) is 39.3 Å². The molecule has 2 heterocycles. The Morgan fingerprint density at radius 1 is 1.28 bits per heavy atom. The number of anilines is 6. The van der Waals surface area contributed by atoms with E-state index in [4.69, 9.17) is 16.3 Å². The first-order chi connectivity index (χ1) is 20.3. The zero-order chi connectivity index (χ0) is 31.5. The zero-order valence-electron chi connectivity index (χ0n) is 24.6. The van der Waals surface area contributed by atoms with Crippen LogP contribution in [0.2, 0.25) is 5.02 Å². The first-order valence-electron chi connectivity index (χ1n) is 13.4. The van der Waals surface area contributed by atoms with Gasteiger partial charge in [-0.25, -0.2) is 9.37 Å². The molecule has 1 amide bonds. The topological polar surface area (TPSA) is 139 Å². The van der Waals surface area contributed by atoms with Crippen LogP contribution in [-0.2, 0) is 10.4 Å². The molecule has 1 fully saturated rings. The number of hydrogen-bond acceptors (Lipinski definition) is 10. The quantitative estimate of drug-likeness (QED) is 0.229. The molecule has 1 aromatic heterocycles. The third kappa shape index (κ3) is 7.14. The molecule has 11 nitrogen and oxygen atoms in total. The van der Waals surface area contributed by atoms with Crippen LogP contribution >= 0.6 is 11.6 Å². The number of hydrogen-bond donors (Lipinski definition) is 4. The number of nitriles is 1. The van der Waals surface area contributed by atoms with Crippen LogP contribution < -0.4 is 25.6 Å². The van der Waals surface area contributed by atoms with Gasteiger partial charge in [0, 0.05) is 36.4 Å². The number of rotatable bonds is 10. The maximum absolute atomic E-state index is 14.3. The van der Waals surface area contributed by atoms with Crippen molar-refractivity contribution in [1.82, 2.24) is 14.9 Å². The van der Waals surface area contributed by atoms with Gasteiger partial charge in [0.05, 0.1) is 41.0 Å². The summed E-state index contributed by atoms with van der Waals surface area (Å²) >= 11 is 6.03. The van der Waals surface area contributed by atoms with Gasteiger partial charge in [0.25, 0.3) is 0 Å². The Bertz CT molecular complexity index is 1590. The minimum Gasteiger partial charge on any atom is -0.494 e. The lowest BCUT2D eigenvalue weighted by Gasteiger charge is -2.25. The van der Waals surface area contributed by atoms with E-state index in [-0.39, 0.29) is 39.5 Å². The molecule has 0 radical (unpaired) electrons. The molecule has 0 spiro atoms. The van der Waals surface area contributed by atoms with Crippen molar-refractivity contribution in [2.45, 2.75) is 31.9 Å². The van der Waals surface area contributed by atoms with Crippen molar-refractivity contribution in [2.75, 3.05) is 55.1 Å². The van der Waals surface area contributed by atoms with Crippen LogP contribution in [0, 0.1) is 17.1 Å². The lowest BCUT2D eigenvalue weighted by atomic mass is 9.96. The number of aromatic nitrogens is 2. The predicted octanol–water partition coefficient (Wildman–Crippen LogP) is 5.13. The average Bonchev–Trinajstić information content (AvgIpc) is 3.45. The van der Waals surface area contributed by atoms with Crippen LogP contribution in [0.4, 0.5) is 38.9 Å². The second-order valence-electron chi connectivity index (χ2n) is 10.8. The molecular weight excluding hydrogens is 575 g/mol. The molecule has 226 valence electrons.